The monoisotopic (exact) mass is 306 g/mol. The molecule has 21 heavy (non-hydrogen) atoms. The summed E-state index contributed by atoms with van der Waals surface area (Å²) in [4.78, 5) is 19.8. The molecule has 2 rings (SSSR count). The van der Waals surface area contributed by atoms with E-state index in [9.17, 15) is 4.79 Å². The first kappa shape index (κ1) is 15.7. The second-order valence-corrected chi connectivity index (χ2v) is 6.26. The maximum atomic E-state index is 12.4. The minimum absolute atomic E-state index is 0.123. The Morgan fingerprint density at radius 1 is 1.48 bits per heavy atom. The Kier molecular flexibility index (Phi) is 4.80. The van der Waals surface area contributed by atoms with E-state index in [0.717, 1.165) is 29.1 Å². The zero-order chi connectivity index (χ0) is 15.5. The number of carbonyl (C=O) groups excluding carboxylic acids is 1. The molecule has 0 saturated heterocycles. The van der Waals surface area contributed by atoms with Crippen molar-refractivity contribution in [2.24, 2.45) is 5.73 Å². The third kappa shape index (κ3) is 3.33. The predicted octanol–water partition coefficient (Wildman–Crippen LogP) is 2.69. The molecule has 5 nitrogen and oxygen atoms in total. The van der Waals surface area contributed by atoms with Gasteiger partial charge in [0, 0.05) is 23.7 Å². The highest BCUT2D eigenvalue weighted by Gasteiger charge is 2.27. The molecule has 0 radical (unpaired) electrons. The fourth-order valence-corrected chi connectivity index (χ4v) is 2.87. The summed E-state index contributed by atoms with van der Waals surface area (Å²) in [5.74, 6) is -0.123. The van der Waals surface area contributed by atoms with Gasteiger partial charge < -0.3 is 16.0 Å². The van der Waals surface area contributed by atoms with E-state index in [-0.39, 0.29) is 11.4 Å². The SMILES string of the molecule is CCC(CC)(CN)NC(=O)c1cc(-c2csc(C)n2)c[nH]1. The molecule has 1 amide bonds. The maximum absolute atomic E-state index is 12.4. The summed E-state index contributed by atoms with van der Waals surface area (Å²) in [6, 6.07) is 1.83. The second kappa shape index (κ2) is 6.41. The van der Waals surface area contributed by atoms with E-state index >= 15 is 0 Å². The van der Waals surface area contributed by atoms with Crippen molar-refractivity contribution in [3.05, 3.63) is 28.3 Å². The van der Waals surface area contributed by atoms with Gasteiger partial charge in [-0.1, -0.05) is 13.8 Å². The van der Waals surface area contributed by atoms with Crippen LogP contribution in [0.2, 0.25) is 0 Å². The molecule has 0 unspecified atom stereocenters. The molecule has 114 valence electrons. The molecule has 0 aliphatic rings. The molecular formula is C15H22N4OS. The number of H-pyrrole nitrogens is 1. The third-order valence-electron chi connectivity index (χ3n) is 3.97. The van der Waals surface area contributed by atoms with Gasteiger partial charge in [0.2, 0.25) is 0 Å². The van der Waals surface area contributed by atoms with Crippen LogP contribution in [0, 0.1) is 6.92 Å². The Morgan fingerprint density at radius 3 is 2.71 bits per heavy atom. The summed E-state index contributed by atoms with van der Waals surface area (Å²) in [5, 5.41) is 6.05. The molecule has 0 aliphatic carbocycles. The number of aromatic nitrogens is 2. The molecule has 0 saturated carbocycles. The normalized spacial score (nSPS) is 11.6. The first-order valence-electron chi connectivity index (χ1n) is 7.17. The van der Waals surface area contributed by atoms with Crippen LogP contribution >= 0.6 is 11.3 Å². The van der Waals surface area contributed by atoms with Gasteiger partial charge in [0.1, 0.15) is 5.69 Å². The van der Waals surface area contributed by atoms with E-state index in [4.69, 9.17) is 5.73 Å². The summed E-state index contributed by atoms with van der Waals surface area (Å²) < 4.78 is 0. The van der Waals surface area contributed by atoms with Gasteiger partial charge in [-0.25, -0.2) is 4.98 Å². The molecule has 2 heterocycles. The summed E-state index contributed by atoms with van der Waals surface area (Å²) in [7, 11) is 0. The second-order valence-electron chi connectivity index (χ2n) is 5.20. The number of hydrogen-bond acceptors (Lipinski definition) is 4. The van der Waals surface area contributed by atoms with Crippen molar-refractivity contribution in [3.63, 3.8) is 0 Å². The van der Waals surface area contributed by atoms with Gasteiger partial charge in [-0.05, 0) is 25.8 Å². The molecule has 6 heteroatoms. The van der Waals surface area contributed by atoms with Crippen molar-refractivity contribution in [3.8, 4) is 11.3 Å². The maximum Gasteiger partial charge on any atom is 0.268 e. The lowest BCUT2D eigenvalue weighted by Gasteiger charge is -2.31. The number of carbonyl (C=O) groups is 1. The first-order chi connectivity index (χ1) is 10.0. The van der Waals surface area contributed by atoms with E-state index in [2.05, 4.69) is 15.3 Å². The first-order valence-corrected chi connectivity index (χ1v) is 8.05. The fourth-order valence-electron chi connectivity index (χ4n) is 2.24. The lowest BCUT2D eigenvalue weighted by molar-refractivity contribution is 0.0890. The molecule has 0 atom stereocenters. The Labute approximate surface area is 129 Å². The standard InChI is InChI=1S/C15H22N4OS/c1-4-15(5-2,9-16)19-14(20)12-6-11(7-17-12)13-8-21-10(3)18-13/h6-8,17H,4-5,9,16H2,1-3H3,(H,19,20). The van der Waals surface area contributed by atoms with E-state index in [1.165, 1.54) is 0 Å². The summed E-state index contributed by atoms with van der Waals surface area (Å²) in [6.45, 7) is 6.47. The number of amides is 1. The molecule has 0 bridgehead atoms. The zero-order valence-electron chi connectivity index (χ0n) is 12.7. The van der Waals surface area contributed by atoms with Crippen LogP contribution in [0.4, 0.5) is 0 Å². The smallest absolute Gasteiger partial charge is 0.268 e. The van der Waals surface area contributed by atoms with Gasteiger partial charge in [0.05, 0.1) is 16.2 Å². The highest BCUT2D eigenvalue weighted by atomic mass is 32.1. The van der Waals surface area contributed by atoms with Gasteiger partial charge in [-0.15, -0.1) is 11.3 Å². The van der Waals surface area contributed by atoms with Gasteiger partial charge >= 0.3 is 0 Å². The number of thiazole rings is 1. The number of nitrogens with one attached hydrogen (secondary N) is 2. The average Bonchev–Trinajstić information content (AvgIpc) is 3.13. The Morgan fingerprint density at radius 2 is 2.19 bits per heavy atom. The van der Waals surface area contributed by atoms with Crippen LogP contribution in [0.25, 0.3) is 11.3 Å². The number of aryl methyl sites for hydroxylation is 1. The summed E-state index contributed by atoms with van der Waals surface area (Å²) in [5.41, 5.74) is 7.84. The molecule has 2 aromatic rings. The van der Waals surface area contributed by atoms with E-state index < -0.39 is 0 Å². The van der Waals surface area contributed by atoms with Crippen LogP contribution in [0.1, 0.15) is 42.2 Å². The minimum atomic E-state index is -0.334. The average molecular weight is 306 g/mol. The lowest BCUT2D eigenvalue weighted by Crippen LogP contribution is -2.52. The molecule has 0 fully saturated rings. The molecule has 0 aliphatic heterocycles. The topological polar surface area (TPSA) is 83.8 Å². The minimum Gasteiger partial charge on any atom is -0.357 e. The molecule has 0 aromatic carbocycles. The van der Waals surface area contributed by atoms with Crippen LogP contribution in [-0.4, -0.2) is 28.0 Å². The lowest BCUT2D eigenvalue weighted by atomic mass is 9.93. The molecule has 4 N–H and O–H groups in total. The number of nitrogens with zero attached hydrogens (tertiary/aromatic N) is 1. The molecular weight excluding hydrogens is 284 g/mol. The van der Waals surface area contributed by atoms with Crippen molar-refractivity contribution < 1.29 is 4.79 Å². The Bertz CT molecular complexity index is 604. The van der Waals surface area contributed by atoms with Crippen molar-refractivity contribution >= 4 is 17.2 Å². The van der Waals surface area contributed by atoms with Crippen LogP contribution in [0.3, 0.4) is 0 Å². The number of hydrogen-bond donors (Lipinski definition) is 3. The number of aromatic amines is 1. The molecule has 0 spiro atoms. The largest absolute Gasteiger partial charge is 0.357 e. The molecule has 2 aromatic heterocycles. The number of rotatable bonds is 6. The highest BCUT2D eigenvalue weighted by Crippen LogP contribution is 2.22. The zero-order valence-corrected chi connectivity index (χ0v) is 13.5. The highest BCUT2D eigenvalue weighted by molar-refractivity contribution is 7.09. The summed E-state index contributed by atoms with van der Waals surface area (Å²) in [6.07, 6.45) is 3.43. The van der Waals surface area contributed by atoms with Crippen molar-refractivity contribution in [2.45, 2.75) is 39.2 Å². The van der Waals surface area contributed by atoms with E-state index in [0.29, 0.717) is 12.2 Å². The Balaban J connectivity index is 2.16. The van der Waals surface area contributed by atoms with Crippen LogP contribution in [0.5, 0.6) is 0 Å². The van der Waals surface area contributed by atoms with Crippen molar-refractivity contribution in [2.75, 3.05) is 6.54 Å². The van der Waals surface area contributed by atoms with Crippen molar-refractivity contribution in [1.29, 1.82) is 0 Å². The van der Waals surface area contributed by atoms with E-state index in [1.54, 1.807) is 11.3 Å². The van der Waals surface area contributed by atoms with Crippen molar-refractivity contribution in [1.82, 2.24) is 15.3 Å². The van der Waals surface area contributed by atoms with E-state index in [1.807, 2.05) is 38.4 Å². The van der Waals surface area contributed by atoms with Gasteiger partial charge in [-0.3, -0.25) is 4.79 Å². The van der Waals surface area contributed by atoms with Crippen LogP contribution in [-0.2, 0) is 0 Å². The van der Waals surface area contributed by atoms with Crippen LogP contribution in [0.15, 0.2) is 17.6 Å². The predicted molar refractivity (Wildman–Crippen MR) is 86.5 cm³/mol. The van der Waals surface area contributed by atoms with Gasteiger partial charge in [0.25, 0.3) is 5.91 Å². The van der Waals surface area contributed by atoms with Gasteiger partial charge in [0.15, 0.2) is 0 Å². The Hall–Kier alpha value is -1.66. The third-order valence-corrected chi connectivity index (χ3v) is 4.74. The number of nitrogens with two attached hydrogens (primary N) is 1. The van der Waals surface area contributed by atoms with Gasteiger partial charge in [-0.2, -0.15) is 0 Å². The van der Waals surface area contributed by atoms with Crippen LogP contribution < -0.4 is 11.1 Å². The quantitative estimate of drug-likeness (QED) is 0.767. The fraction of sp³-hybridized carbons (Fsp3) is 0.467. The summed E-state index contributed by atoms with van der Waals surface area (Å²) >= 11 is 1.60.